The molecule has 0 saturated heterocycles. The summed E-state index contributed by atoms with van der Waals surface area (Å²) in [6.45, 7) is 3.96. The maximum Gasteiger partial charge on any atom is 0.292 e. The van der Waals surface area contributed by atoms with Gasteiger partial charge in [0.05, 0.1) is 11.5 Å². The molecule has 21 heavy (non-hydrogen) atoms. The van der Waals surface area contributed by atoms with Gasteiger partial charge >= 0.3 is 0 Å². The normalized spacial score (nSPS) is 15.3. The predicted molar refractivity (Wildman–Crippen MR) is 83.5 cm³/mol. The Morgan fingerprint density at radius 3 is 2.81 bits per heavy atom. The Balaban J connectivity index is 2.01. The summed E-state index contributed by atoms with van der Waals surface area (Å²) in [4.78, 5) is 10.8. The van der Waals surface area contributed by atoms with Gasteiger partial charge in [0.25, 0.3) is 5.69 Å². The van der Waals surface area contributed by atoms with Gasteiger partial charge in [0, 0.05) is 24.8 Å². The molecule has 0 aromatic heterocycles. The van der Waals surface area contributed by atoms with Crippen molar-refractivity contribution in [1.82, 2.24) is 0 Å². The summed E-state index contributed by atoms with van der Waals surface area (Å²) < 4.78 is 5.80. The number of nitro benzene ring substituents is 1. The average molecular weight is 292 g/mol. The van der Waals surface area contributed by atoms with Crippen LogP contribution < -0.4 is 5.32 Å². The van der Waals surface area contributed by atoms with Crippen molar-refractivity contribution in [2.75, 3.05) is 18.5 Å². The Kier molecular flexibility index (Phi) is 5.99. The smallest absolute Gasteiger partial charge is 0.292 e. The number of anilines is 1. The number of para-hydroxylation sites is 1. The van der Waals surface area contributed by atoms with Crippen LogP contribution in [0.5, 0.6) is 0 Å². The van der Waals surface area contributed by atoms with E-state index in [1.54, 1.807) is 12.1 Å². The molecule has 0 spiro atoms. The molecule has 1 fully saturated rings. The molecule has 1 aliphatic carbocycles. The molecule has 116 valence electrons. The van der Waals surface area contributed by atoms with E-state index in [1.807, 2.05) is 13.0 Å². The minimum absolute atomic E-state index is 0.130. The Morgan fingerprint density at radius 2 is 2.14 bits per heavy atom. The highest BCUT2D eigenvalue weighted by molar-refractivity contribution is 5.66. The monoisotopic (exact) mass is 292 g/mol. The molecular weight excluding hydrogens is 268 g/mol. The first-order valence-electron chi connectivity index (χ1n) is 7.80. The zero-order valence-corrected chi connectivity index (χ0v) is 12.6. The van der Waals surface area contributed by atoms with Gasteiger partial charge in [-0.1, -0.05) is 31.9 Å². The highest BCUT2D eigenvalue weighted by atomic mass is 16.6. The third kappa shape index (κ3) is 4.43. The quantitative estimate of drug-likeness (QED) is 0.578. The summed E-state index contributed by atoms with van der Waals surface area (Å²) in [5.74, 6) is 0.663. The van der Waals surface area contributed by atoms with Crippen molar-refractivity contribution in [2.24, 2.45) is 5.92 Å². The van der Waals surface area contributed by atoms with Gasteiger partial charge in [0.2, 0.25) is 0 Å². The van der Waals surface area contributed by atoms with Crippen LogP contribution in [0.3, 0.4) is 0 Å². The van der Waals surface area contributed by atoms with E-state index in [4.69, 9.17) is 4.74 Å². The van der Waals surface area contributed by atoms with Crippen LogP contribution in [0.15, 0.2) is 18.2 Å². The van der Waals surface area contributed by atoms with Crippen molar-refractivity contribution in [3.8, 4) is 0 Å². The fourth-order valence-electron chi connectivity index (χ4n) is 2.83. The van der Waals surface area contributed by atoms with E-state index < -0.39 is 0 Å². The van der Waals surface area contributed by atoms with Crippen molar-refractivity contribution in [3.05, 3.63) is 33.9 Å². The minimum atomic E-state index is -0.335. The molecule has 5 nitrogen and oxygen atoms in total. The zero-order valence-electron chi connectivity index (χ0n) is 12.6. The third-order valence-corrected chi connectivity index (χ3v) is 3.96. The molecule has 2 rings (SSSR count). The Morgan fingerprint density at radius 1 is 1.38 bits per heavy atom. The summed E-state index contributed by atoms with van der Waals surface area (Å²) in [6.07, 6.45) is 6.02. The van der Waals surface area contributed by atoms with Crippen LogP contribution in [0.4, 0.5) is 11.4 Å². The van der Waals surface area contributed by atoms with Gasteiger partial charge in [-0.25, -0.2) is 0 Å². The van der Waals surface area contributed by atoms with E-state index >= 15 is 0 Å². The molecule has 0 radical (unpaired) electrons. The highest BCUT2D eigenvalue weighted by Crippen LogP contribution is 2.30. The van der Waals surface area contributed by atoms with Gasteiger partial charge < -0.3 is 10.1 Å². The molecule has 1 aliphatic rings. The van der Waals surface area contributed by atoms with E-state index in [0.717, 1.165) is 25.1 Å². The number of hydrogen-bond acceptors (Lipinski definition) is 4. The number of benzene rings is 1. The SMILES string of the molecule is CCCNc1c(COCC2CCCC2)cccc1[N+](=O)[O-]. The largest absolute Gasteiger partial charge is 0.379 e. The van der Waals surface area contributed by atoms with Gasteiger partial charge in [-0.15, -0.1) is 0 Å². The summed E-state index contributed by atoms with van der Waals surface area (Å²) in [5.41, 5.74) is 1.61. The summed E-state index contributed by atoms with van der Waals surface area (Å²) in [6, 6.07) is 5.17. The van der Waals surface area contributed by atoms with Crippen molar-refractivity contribution in [3.63, 3.8) is 0 Å². The van der Waals surface area contributed by atoms with Gasteiger partial charge in [-0.3, -0.25) is 10.1 Å². The van der Waals surface area contributed by atoms with Crippen LogP contribution in [0.25, 0.3) is 0 Å². The molecule has 1 saturated carbocycles. The fourth-order valence-corrected chi connectivity index (χ4v) is 2.83. The lowest BCUT2D eigenvalue weighted by Gasteiger charge is -2.14. The topological polar surface area (TPSA) is 64.4 Å². The maximum absolute atomic E-state index is 11.1. The molecule has 0 amide bonds. The van der Waals surface area contributed by atoms with Crippen LogP contribution >= 0.6 is 0 Å². The molecular formula is C16H24N2O3. The standard InChI is InChI=1S/C16H24N2O3/c1-2-10-17-16-14(8-5-9-15(16)18(19)20)12-21-11-13-6-3-4-7-13/h5,8-9,13,17H,2-4,6-7,10-12H2,1H3. The molecule has 0 heterocycles. The average Bonchev–Trinajstić information content (AvgIpc) is 2.98. The van der Waals surface area contributed by atoms with E-state index in [9.17, 15) is 10.1 Å². The lowest BCUT2D eigenvalue weighted by Crippen LogP contribution is -2.09. The zero-order chi connectivity index (χ0) is 15.1. The Labute approximate surface area is 125 Å². The van der Waals surface area contributed by atoms with Crippen LogP contribution in [-0.2, 0) is 11.3 Å². The second-order valence-corrected chi connectivity index (χ2v) is 5.66. The van der Waals surface area contributed by atoms with E-state index in [2.05, 4.69) is 5.32 Å². The van der Waals surface area contributed by atoms with Crippen molar-refractivity contribution >= 4 is 11.4 Å². The predicted octanol–water partition coefficient (Wildman–Crippen LogP) is 4.12. The van der Waals surface area contributed by atoms with Crippen molar-refractivity contribution in [1.29, 1.82) is 0 Å². The molecule has 0 atom stereocenters. The second kappa shape index (κ2) is 7.98. The van der Waals surface area contributed by atoms with E-state index in [0.29, 0.717) is 18.2 Å². The van der Waals surface area contributed by atoms with Crippen LogP contribution in [-0.4, -0.2) is 18.1 Å². The molecule has 5 heteroatoms. The van der Waals surface area contributed by atoms with E-state index in [-0.39, 0.29) is 10.6 Å². The molecule has 1 aromatic rings. The Bertz CT molecular complexity index is 471. The number of ether oxygens (including phenoxy) is 1. The molecule has 1 aromatic carbocycles. The van der Waals surface area contributed by atoms with Crippen LogP contribution in [0.1, 0.15) is 44.6 Å². The lowest BCUT2D eigenvalue weighted by molar-refractivity contribution is -0.384. The summed E-state index contributed by atoms with van der Waals surface area (Å²) in [7, 11) is 0. The fraction of sp³-hybridized carbons (Fsp3) is 0.625. The number of nitro groups is 1. The molecule has 0 aliphatic heterocycles. The van der Waals surface area contributed by atoms with Crippen molar-refractivity contribution in [2.45, 2.75) is 45.6 Å². The second-order valence-electron chi connectivity index (χ2n) is 5.66. The number of hydrogen-bond donors (Lipinski definition) is 1. The van der Waals surface area contributed by atoms with Gasteiger partial charge in [-0.2, -0.15) is 0 Å². The van der Waals surface area contributed by atoms with Crippen molar-refractivity contribution < 1.29 is 9.66 Å². The third-order valence-electron chi connectivity index (χ3n) is 3.96. The first kappa shape index (κ1) is 15.8. The van der Waals surface area contributed by atoms with Gasteiger partial charge in [0.15, 0.2) is 0 Å². The van der Waals surface area contributed by atoms with E-state index in [1.165, 1.54) is 25.7 Å². The molecule has 0 unspecified atom stereocenters. The number of nitrogens with one attached hydrogen (secondary N) is 1. The maximum atomic E-state index is 11.1. The first-order chi connectivity index (χ1) is 10.2. The van der Waals surface area contributed by atoms with Crippen LogP contribution in [0.2, 0.25) is 0 Å². The first-order valence-corrected chi connectivity index (χ1v) is 7.80. The van der Waals surface area contributed by atoms with Crippen LogP contribution in [0, 0.1) is 16.0 Å². The molecule has 1 N–H and O–H groups in total. The summed E-state index contributed by atoms with van der Waals surface area (Å²) in [5, 5.41) is 14.3. The lowest BCUT2D eigenvalue weighted by atomic mass is 10.1. The highest BCUT2D eigenvalue weighted by Gasteiger charge is 2.18. The Hall–Kier alpha value is -1.62. The molecule has 0 bridgehead atoms. The number of rotatable bonds is 8. The number of nitrogens with zero attached hydrogens (tertiary/aromatic N) is 1. The van der Waals surface area contributed by atoms with Gasteiger partial charge in [-0.05, 0) is 25.2 Å². The minimum Gasteiger partial charge on any atom is -0.379 e. The van der Waals surface area contributed by atoms with Gasteiger partial charge in [0.1, 0.15) is 5.69 Å². The summed E-state index contributed by atoms with van der Waals surface area (Å²) >= 11 is 0.